The summed E-state index contributed by atoms with van der Waals surface area (Å²) in [7, 11) is 0. The number of hydrogen-bond donors (Lipinski definition) is 2. The number of nitrogen functional groups attached to an aromatic ring is 1. The van der Waals surface area contributed by atoms with Gasteiger partial charge in [0.2, 0.25) is 0 Å². The topological polar surface area (TPSA) is 63.8 Å². The van der Waals surface area contributed by atoms with Gasteiger partial charge in [0.1, 0.15) is 23.0 Å². The van der Waals surface area contributed by atoms with Gasteiger partial charge in [-0.1, -0.05) is 23.7 Å². The van der Waals surface area contributed by atoms with Crippen LogP contribution in [0.2, 0.25) is 5.02 Å². The number of aromatic nitrogens is 2. The van der Waals surface area contributed by atoms with Gasteiger partial charge in [-0.05, 0) is 24.1 Å². The lowest BCUT2D eigenvalue weighted by molar-refractivity contribution is 0.625. The van der Waals surface area contributed by atoms with Crippen molar-refractivity contribution in [3.05, 3.63) is 47.0 Å². The molecule has 1 aromatic carbocycles. The molecule has 3 rings (SSSR count). The molecule has 19 heavy (non-hydrogen) atoms. The van der Waals surface area contributed by atoms with Gasteiger partial charge >= 0.3 is 0 Å². The van der Waals surface area contributed by atoms with E-state index in [4.69, 9.17) is 17.3 Å². The Morgan fingerprint density at radius 2 is 2.21 bits per heavy atom. The third kappa shape index (κ3) is 2.46. The Balaban J connectivity index is 1.72. The van der Waals surface area contributed by atoms with Gasteiger partial charge in [0.15, 0.2) is 5.82 Å². The molecule has 1 aliphatic rings. The van der Waals surface area contributed by atoms with Crippen LogP contribution in [0.25, 0.3) is 0 Å². The highest BCUT2D eigenvalue weighted by atomic mass is 35.5. The third-order valence-corrected chi connectivity index (χ3v) is 3.58. The van der Waals surface area contributed by atoms with Gasteiger partial charge < -0.3 is 11.1 Å². The molecule has 1 saturated carbocycles. The number of halogens is 2. The predicted octanol–water partition coefficient (Wildman–Crippen LogP) is 2.82. The second-order valence-electron chi connectivity index (χ2n) is 4.57. The number of nitrogens with two attached hydrogens (primary N) is 1. The van der Waals surface area contributed by atoms with E-state index >= 15 is 0 Å². The van der Waals surface area contributed by atoms with Crippen molar-refractivity contribution in [3.63, 3.8) is 0 Å². The Kier molecular flexibility index (Phi) is 2.98. The number of anilines is 2. The van der Waals surface area contributed by atoms with Crippen LogP contribution in [0.15, 0.2) is 30.6 Å². The number of benzene rings is 1. The zero-order valence-corrected chi connectivity index (χ0v) is 10.7. The van der Waals surface area contributed by atoms with Gasteiger partial charge in [0, 0.05) is 12.0 Å². The van der Waals surface area contributed by atoms with Crippen molar-refractivity contribution in [2.45, 2.75) is 18.4 Å². The molecule has 4 nitrogen and oxygen atoms in total. The third-order valence-electron chi connectivity index (χ3n) is 3.21. The number of hydrogen-bond acceptors (Lipinski definition) is 4. The molecule has 98 valence electrons. The molecule has 6 heteroatoms. The Hall–Kier alpha value is -1.88. The molecule has 0 bridgehead atoms. The van der Waals surface area contributed by atoms with Crippen LogP contribution in [0.5, 0.6) is 0 Å². The van der Waals surface area contributed by atoms with Crippen LogP contribution in [0.1, 0.15) is 17.9 Å². The summed E-state index contributed by atoms with van der Waals surface area (Å²) in [6.45, 7) is 0. The van der Waals surface area contributed by atoms with E-state index in [-0.39, 0.29) is 23.6 Å². The lowest BCUT2D eigenvalue weighted by Crippen LogP contribution is -2.08. The fourth-order valence-electron chi connectivity index (χ4n) is 2.12. The smallest absolute Gasteiger partial charge is 0.150 e. The maximum absolute atomic E-state index is 13.1. The van der Waals surface area contributed by atoms with Crippen molar-refractivity contribution in [2.24, 2.45) is 0 Å². The van der Waals surface area contributed by atoms with Crippen molar-refractivity contribution in [1.82, 2.24) is 9.97 Å². The van der Waals surface area contributed by atoms with E-state index in [9.17, 15) is 4.39 Å². The largest absolute Gasteiger partial charge is 0.382 e. The van der Waals surface area contributed by atoms with Gasteiger partial charge in [-0.25, -0.2) is 14.4 Å². The zero-order valence-electron chi connectivity index (χ0n) is 9.98. The second-order valence-corrected chi connectivity index (χ2v) is 4.95. The minimum Gasteiger partial charge on any atom is -0.382 e. The highest BCUT2D eigenvalue weighted by Crippen LogP contribution is 2.43. The number of rotatable bonds is 3. The fraction of sp³-hybridized carbons (Fsp3) is 0.231. The summed E-state index contributed by atoms with van der Waals surface area (Å²) in [4.78, 5) is 7.86. The molecule has 2 aromatic rings. The van der Waals surface area contributed by atoms with E-state index in [1.54, 1.807) is 12.1 Å². The van der Waals surface area contributed by atoms with E-state index in [2.05, 4.69) is 15.3 Å². The normalized spacial score (nSPS) is 21.2. The van der Waals surface area contributed by atoms with Crippen molar-refractivity contribution < 1.29 is 4.39 Å². The van der Waals surface area contributed by atoms with Gasteiger partial charge in [-0.3, -0.25) is 0 Å². The van der Waals surface area contributed by atoms with E-state index in [0.717, 1.165) is 12.0 Å². The zero-order chi connectivity index (χ0) is 13.4. The fourth-order valence-corrected chi connectivity index (χ4v) is 2.27. The molecule has 0 saturated heterocycles. The number of nitrogens with zero attached hydrogens (tertiary/aromatic N) is 2. The first-order valence-corrected chi connectivity index (χ1v) is 6.31. The van der Waals surface area contributed by atoms with Crippen molar-refractivity contribution in [2.75, 3.05) is 11.1 Å². The van der Waals surface area contributed by atoms with E-state index < -0.39 is 0 Å². The van der Waals surface area contributed by atoms with Gasteiger partial charge in [0.25, 0.3) is 0 Å². The van der Waals surface area contributed by atoms with Gasteiger partial charge in [-0.15, -0.1) is 0 Å². The predicted molar refractivity (Wildman–Crippen MR) is 72.6 cm³/mol. The Bertz CT molecular complexity index is 619. The molecule has 2 atom stereocenters. The van der Waals surface area contributed by atoms with Crippen molar-refractivity contribution in [3.8, 4) is 0 Å². The lowest BCUT2D eigenvalue weighted by Gasteiger charge is -2.07. The van der Waals surface area contributed by atoms with Crippen LogP contribution in [-0.4, -0.2) is 16.0 Å². The highest BCUT2D eigenvalue weighted by Gasteiger charge is 2.39. The summed E-state index contributed by atoms with van der Waals surface area (Å²) in [5, 5.41) is 3.53. The highest BCUT2D eigenvalue weighted by molar-refractivity contribution is 6.35. The maximum Gasteiger partial charge on any atom is 0.150 e. The summed E-state index contributed by atoms with van der Waals surface area (Å²) in [5.74, 6) is 0.843. The average molecular weight is 279 g/mol. The molecule has 1 aliphatic carbocycles. The minimum atomic E-state index is -0.215. The molecule has 1 heterocycles. The summed E-state index contributed by atoms with van der Waals surface area (Å²) in [5.41, 5.74) is 6.59. The van der Waals surface area contributed by atoms with Crippen LogP contribution < -0.4 is 11.1 Å². The van der Waals surface area contributed by atoms with Crippen LogP contribution >= 0.6 is 11.6 Å². The molecule has 1 fully saturated rings. The Labute approximate surface area is 114 Å². The Morgan fingerprint density at radius 1 is 1.37 bits per heavy atom. The molecule has 0 amide bonds. The molecule has 0 spiro atoms. The first-order valence-electron chi connectivity index (χ1n) is 5.93. The van der Waals surface area contributed by atoms with Crippen LogP contribution in [0.3, 0.4) is 0 Å². The minimum absolute atomic E-state index is 0.202. The average Bonchev–Trinajstić information content (AvgIpc) is 3.14. The van der Waals surface area contributed by atoms with Crippen LogP contribution in [0, 0.1) is 5.82 Å². The molecular formula is C13H12ClFN4. The van der Waals surface area contributed by atoms with Crippen LogP contribution in [-0.2, 0) is 0 Å². The number of nitrogens with one attached hydrogen (secondary N) is 1. The monoisotopic (exact) mass is 278 g/mol. The first-order chi connectivity index (χ1) is 9.15. The summed E-state index contributed by atoms with van der Waals surface area (Å²) in [6, 6.07) is 6.84. The van der Waals surface area contributed by atoms with E-state index in [1.165, 1.54) is 12.4 Å². The molecule has 0 unspecified atom stereocenters. The SMILES string of the molecule is Nc1ncnc(N[C@@H]2C[C@H]2c2cccc(F)c2)c1Cl. The summed E-state index contributed by atoms with van der Waals surface area (Å²) < 4.78 is 13.1. The van der Waals surface area contributed by atoms with Crippen LogP contribution in [0.4, 0.5) is 16.0 Å². The van der Waals surface area contributed by atoms with E-state index in [1.807, 2.05) is 6.07 Å². The lowest BCUT2D eigenvalue weighted by atomic mass is 10.1. The first kappa shape index (κ1) is 12.2. The van der Waals surface area contributed by atoms with E-state index in [0.29, 0.717) is 10.8 Å². The summed E-state index contributed by atoms with van der Waals surface area (Å²) >= 11 is 6.01. The molecule has 3 N–H and O–H groups in total. The maximum atomic E-state index is 13.1. The molecular weight excluding hydrogens is 267 g/mol. The molecule has 0 aliphatic heterocycles. The van der Waals surface area contributed by atoms with Crippen molar-refractivity contribution in [1.29, 1.82) is 0 Å². The molecule has 0 radical (unpaired) electrons. The second kappa shape index (κ2) is 4.66. The Morgan fingerprint density at radius 3 is 3.00 bits per heavy atom. The van der Waals surface area contributed by atoms with Gasteiger partial charge in [0.05, 0.1) is 0 Å². The quantitative estimate of drug-likeness (QED) is 0.906. The summed E-state index contributed by atoms with van der Waals surface area (Å²) in [6.07, 6.45) is 2.28. The standard InChI is InChI=1S/C13H12ClFN4/c14-11-12(16)17-6-18-13(11)19-10-5-9(10)7-2-1-3-8(15)4-7/h1-4,6,9-10H,5H2,(H3,16,17,18,19)/t9-,10+/m0/s1. The van der Waals surface area contributed by atoms with Gasteiger partial charge in [-0.2, -0.15) is 0 Å². The molecule has 1 aromatic heterocycles. The van der Waals surface area contributed by atoms with Crippen molar-refractivity contribution >= 4 is 23.2 Å².